The molecule has 0 saturated carbocycles. The molecule has 0 fully saturated rings. The Morgan fingerprint density at radius 1 is 0.800 bits per heavy atom. The van der Waals surface area contributed by atoms with Crippen LogP contribution in [0, 0.1) is 5.92 Å². The van der Waals surface area contributed by atoms with Gasteiger partial charge in [-0.2, -0.15) is 0 Å². The molecular weight excluding hydrogens is 244 g/mol. The van der Waals surface area contributed by atoms with E-state index in [2.05, 4.69) is 50.3 Å². The molecule has 1 unspecified atom stereocenters. The van der Waals surface area contributed by atoms with Crippen molar-refractivity contribution in [3.8, 4) is 0 Å². The van der Waals surface area contributed by atoms with Gasteiger partial charge in [-0.15, -0.1) is 0 Å². The average molecular weight is 278 g/mol. The summed E-state index contributed by atoms with van der Waals surface area (Å²) in [5.41, 5.74) is 0. The minimum absolute atomic E-state index is 0.338. The molecule has 0 heterocycles. The standard InChI is InChI=1S/C19H34O/c1-3-4-5-6-7-8-9-10-11-12-13-14-15-16-17-19(2)18-20/h4-5,7-8,10-11,19-20H,3,6,9,12-18H2,1-2H3/b5-4-,8-7-,11-10-. The first kappa shape index (κ1) is 19.2. The Morgan fingerprint density at radius 3 is 2.05 bits per heavy atom. The van der Waals surface area contributed by atoms with Gasteiger partial charge < -0.3 is 5.11 Å². The fourth-order valence-electron chi connectivity index (χ4n) is 2.03. The van der Waals surface area contributed by atoms with E-state index in [0.717, 1.165) is 19.3 Å². The van der Waals surface area contributed by atoms with Crippen molar-refractivity contribution >= 4 is 0 Å². The molecular formula is C19H34O. The summed E-state index contributed by atoms with van der Waals surface area (Å²) in [6.45, 7) is 4.62. The summed E-state index contributed by atoms with van der Waals surface area (Å²) in [4.78, 5) is 0. The Morgan fingerprint density at radius 2 is 1.40 bits per heavy atom. The highest BCUT2D eigenvalue weighted by Crippen LogP contribution is 2.11. The number of aliphatic hydroxyl groups excluding tert-OH is 1. The van der Waals surface area contributed by atoms with Crippen LogP contribution in [0.4, 0.5) is 0 Å². The summed E-state index contributed by atoms with van der Waals surface area (Å²) in [7, 11) is 0. The molecule has 0 rings (SSSR count). The van der Waals surface area contributed by atoms with Gasteiger partial charge in [0, 0.05) is 6.61 Å². The fourth-order valence-corrected chi connectivity index (χ4v) is 2.03. The number of hydrogen-bond donors (Lipinski definition) is 1. The van der Waals surface area contributed by atoms with E-state index in [1.807, 2.05) is 0 Å². The number of allylic oxidation sites excluding steroid dienone is 6. The van der Waals surface area contributed by atoms with Crippen LogP contribution in [0.3, 0.4) is 0 Å². The van der Waals surface area contributed by atoms with Crippen LogP contribution in [0.25, 0.3) is 0 Å². The van der Waals surface area contributed by atoms with E-state index in [1.165, 1.54) is 38.5 Å². The van der Waals surface area contributed by atoms with Crippen LogP contribution in [-0.2, 0) is 0 Å². The van der Waals surface area contributed by atoms with E-state index >= 15 is 0 Å². The Kier molecular flexibility index (Phi) is 15.6. The lowest BCUT2D eigenvalue weighted by atomic mass is 10.0. The van der Waals surface area contributed by atoms with Crippen molar-refractivity contribution < 1.29 is 5.11 Å². The van der Waals surface area contributed by atoms with Gasteiger partial charge >= 0.3 is 0 Å². The number of rotatable bonds is 13. The van der Waals surface area contributed by atoms with Crippen LogP contribution in [0.5, 0.6) is 0 Å². The van der Waals surface area contributed by atoms with Crippen molar-refractivity contribution in [3.63, 3.8) is 0 Å². The molecule has 20 heavy (non-hydrogen) atoms. The van der Waals surface area contributed by atoms with Gasteiger partial charge in [-0.1, -0.05) is 69.6 Å². The van der Waals surface area contributed by atoms with E-state index in [-0.39, 0.29) is 0 Å². The monoisotopic (exact) mass is 278 g/mol. The fraction of sp³-hybridized carbons (Fsp3) is 0.684. The topological polar surface area (TPSA) is 20.2 Å². The molecule has 0 aliphatic carbocycles. The van der Waals surface area contributed by atoms with Gasteiger partial charge in [-0.25, -0.2) is 0 Å². The van der Waals surface area contributed by atoms with E-state index < -0.39 is 0 Å². The highest BCUT2D eigenvalue weighted by molar-refractivity contribution is 4.96. The van der Waals surface area contributed by atoms with Crippen LogP contribution >= 0.6 is 0 Å². The molecule has 0 aromatic heterocycles. The summed E-state index contributed by atoms with van der Waals surface area (Å²) in [6, 6.07) is 0. The summed E-state index contributed by atoms with van der Waals surface area (Å²) in [5, 5.41) is 8.92. The molecule has 0 aromatic rings. The van der Waals surface area contributed by atoms with Gasteiger partial charge in [0.15, 0.2) is 0 Å². The van der Waals surface area contributed by atoms with Crippen molar-refractivity contribution in [2.24, 2.45) is 5.92 Å². The molecule has 1 atom stereocenters. The third-order valence-electron chi connectivity index (χ3n) is 3.41. The second-order valence-corrected chi connectivity index (χ2v) is 5.57. The first-order chi connectivity index (χ1) is 9.81. The van der Waals surface area contributed by atoms with Gasteiger partial charge in [0.2, 0.25) is 0 Å². The minimum atomic E-state index is 0.338. The Labute approximate surface area is 126 Å². The van der Waals surface area contributed by atoms with Gasteiger partial charge in [-0.05, 0) is 44.4 Å². The second kappa shape index (κ2) is 16.2. The van der Waals surface area contributed by atoms with E-state index in [4.69, 9.17) is 5.11 Å². The van der Waals surface area contributed by atoms with Gasteiger partial charge in [0.25, 0.3) is 0 Å². The third-order valence-corrected chi connectivity index (χ3v) is 3.41. The molecule has 116 valence electrons. The first-order valence-electron chi connectivity index (χ1n) is 8.37. The lowest BCUT2D eigenvalue weighted by Gasteiger charge is -2.06. The summed E-state index contributed by atoms with van der Waals surface area (Å²) >= 11 is 0. The van der Waals surface area contributed by atoms with Crippen LogP contribution in [0.15, 0.2) is 36.5 Å². The van der Waals surface area contributed by atoms with Crippen molar-refractivity contribution in [1.82, 2.24) is 0 Å². The average Bonchev–Trinajstić information content (AvgIpc) is 2.47. The molecule has 0 amide bonds. The molecule has 0 radical (unpaired) electrons. The zero-order chi connectivity index (χ0) is 14.9. The Balaban J connectivity index is 3.25. The van der Waals surface area contributed by atoms with Crippen LogP contribution in [-0.4, -0.2) is 11.7 Å². The van der Waals surface area contributed by atoms with E-state index in [0.29, 0.717) is 12.5 Å². The van der Waals surface area contributed by atoms with Gasteiger partial charge in [-0.3, -0.25) is 0 Å². The molecule has 0 spiro atoms. The predicted octanol–water partition coefficient (Wildman–Crippen LogP) is 5.81. The third kappa shape index (κ3) is 15.2. The van der Waals surface area contributed by atoms with Gasteiger partial charge in [0.1, 0.15) is 0 Å². The quantitative estimate of drug-likeness (QED) is 0.333. The lowest BCUT2D eigenvalue weighted by molar-refractivity contribution is 0.227. The molecule has 0 aliphatic rings. The van der Waals surface area contributed by atoms with Gasteiger partial charge in [0.05, 0.1) is 0 Å². The maximum absolute atomic E-state index is 8.92. The molecule has 0 bridgehead atoms. The Bertz CT molecular complexity index is 263. The maximum atomic E-state index is 8.92. The molecule has 0 aromatic carbocycles. The van der Waals surface area contributed by atoms with Crippen molar-refractivity contribution in [2.75, 3.05) is 6.61 Å². The van der Waals surface area contributed by atoms with Crippen LogP contribution < -0.4 is 0 Å². The van der Waals surface area contributed by atoms with E-state index in [9.17, 15) is 0 Å². The van der Waals surface area contributed by atoms with Crippen molar-refractivity contribution in [1.29, 1.82) is 0 Å². The zero-order valence-corrected chi connectivity index (χ0v) is 13.6. The zero-order valence-electron chi connectivity index (χ0n) is 13.6. The summed E-state index contributed by atoms with van der Waals surface area (Å²) in [5.74, 6) is 0.480. The Hall–Kier alpha value is -0.820. The normalized spacial score (nSPS) is 13.9. The summed E-state index contributed by atoms with van der Waals surface area (Å²) < 4.78 is 0. The SMILES string of the molecule is CC/C=C\C/C=C\C/C=C\CCCCCCC(C)CO. The highest BCUT2D eigenvalue weighted by atomic mass is 16.3. The van der Waals surface area contributed by atoms with Crippen molar-refractivity contribution in [2.45, 2.75) is 71.6 Å². The largest absolute Gasteiger partial charge is 0.396 e. The highest BCUT2D eigenvalue weighted by Gasteiger charge is 1.98. The molecule has 1 heteroatoms. The van der Waals surface area contributed by atoms with E-state index in [1.54, 1.807) is 0 Å². The maximum Gasteiger partial charge on any atom is 0.0456 e. The van der Waals surface area contributed by atoms with Crippen molar-refractivity contribution in [3.05, 3.63) is 36.5 Å². The number of aliphatic hydroxyl groups is 1. The molecule has 1 nitrogen and oxygen atoms in total. The molecule has 0 aliphatic heterocycles. The smallest absolute Gasteiger partial charge is 0.0456 e. The minimum Gasteiger partial charge on any atom is -0.396 e. The first-order valence-corrected chi connectivity index (χ1v) is 8.37. The second-order valence-electron chi connectivity index (χ2n) is 5.57. The van der Waals surface area contributed by atoms with Crippen LogP contribution in [0.2, 0.25) is 0 Å². The molecule has 0 saturated heterocycles. The number of unbranched alkanes of at least 4 members (excludes halogenated alkanes) is 4. The molecule has 1 N–H and O–H groups in total. The summed E-state index contributed by atoms with van der Waals surface area (Å²) in [6.07, 6.45) is 24.3. The lowest BCUT2D eigenvalue weighted by Crippen LogP contribution is -1.99. The number of hydrogen-bond acceptors (Lipinski definition) is 1. The van der Waals surface area contributed by atoms with Crippen LogP contribution in [0.1, 0.15) is 71.6 Å². The predicted molar refractivity (Wildman–Crippen MR) is 90.9 cm³/mol.